The van der Waals surface area contributed by atoms with E-state index in [0.29, 0.717) is 42.5 Å². The number of anilines is 1. The minimum absolute atomic E-state index is 0. The standard InChI is InChI=1S/C19H28N2O3S.ClH/c1-24-7-8-25(23)13-14-3-2-4-16(9-14)21-19(22)12-15-10-17-5-6-18(11-15)20-17;/h2-4,9,15,17-18,20H,5-8,10-13H2,1H3,(H,21,22);1H. The Balaban J connectivity index is 0.00000243. The van der Waals surface area contributed by atoms with Crippen molar-refractivity contribution in [3.8, 4) is 0 Å². The van der Waals surface area contributed by atoms with Crippen molar-refractivity contribution in [1.82, 2.24) is 5.32 Å². The van der Waals surface area contributed by atoms with E-state index in [1.807, 2.05) is 24.3 Å². The van der Waals surface area contributed by atoms with Gasteiger partial charge in [-0.3, -0.25) is 9.00 Å². The second-order valence-electron chi connectivity index (χ2n) is 7.21. The second kappa shape index (κ2) is 10.4. The Bertz CT molecular complexity index is 617. The summed E-state index contributed by atoms with van der Waals surface area (Å²) < 4.78 is 16.9. The van der Waals surface area contributed by atoms with Crippen LogP contribution in [-0.2, 0) is 26.1 Å². The minimum atomic E-state index is -0.943. The number of ether oxygens (including phenoxy) is 1. The van der Waals surface area contributed by atoms with Gasteiger partial charge in [0.05, 0.1) is 6.61 Å². The van der Waals surface area contributed by atoms with Gasteiger partial charge in [-0.25, -0.2) is 0 Å². The molecule has 0 aliphatic carbocycles. The van der Waals surface area contributed by atoms with E-state index in [1.165, 1.54) is 12.8 Å². The second-order valence-corrected chi connectivity index (χ2v) is 8.79. The van der Waals surface area contributed by atoms with E-state index in [2.05, 4.69) is 10.6 Å². The Morgan fingerprint density at radius 1 is 1.31 bits per heavy atom. The summed E-state index contributed by atoms with van der Waals surface area (Å²) in [5.41, 5.74) is 1.77. The molecule has 2 bridgehead atoms. The molecule has 1 aromatic rings. The number of carbonyl (C=O) groups is 1. The molecule has 146 valence electrons. The van der Waals surface area contributed by atoms with Gasteiger partial charge in [-0.15, -0.1) is 12.4 Å². The molecule has 0 radical (unpaired) electrons. The number of fused-ring (bicyclic) bond motifs is 2. The summed E-state index contributed by atoms with van der Waals surface area (Å²) in [5, 5.41) is 6.63. The van der Waals surface area contributed by atoms with Crippen molar-refractivity contribution < 1.29 is 13.7 Å². The first-order chi connectivity index (χ1) is 12.1. The molecule has 0 spiro atoms. The van der Waals surface area contributed by atoms with Gasteiger partial charge >= 0.3 is 0 Å². The third-order valence-electron chi connectivity index (χ3n) is 5.10. The van der Waals surface area contributed by atoms with Crippen molar-refractivity contribution in [2.75, 3.05) is 24.8 Å². The Labute approximate surface area is 164 Å². The van der Waals surface area contributed by atoms with E-state index in [4.69, 9.17) is 4.74 Å². The van der Waals surface area contributed by atoms with Gasteiger partial charge in [-0.2, -0.15) is 0 Å². The largest absolute Gasteiger partial charge is 0.384 e. The van der Waals surface area contributed by atoms with Gasteiger partial charge in [0.15, 0.2) is 0 Å². The van der Waals surface area contributed by atoms with Gasteiger partial charge in [0.2, 0.25) is 5.91 Å². The van der Waals surface area contributed by atoms with Crippen molar-refractivity contribution in [3.05, 3.63) is 29.8 Å². The van der Waals surface area contributed by atoms with Gasteiger partial charge in [0, 0.05) is 53.6 Å². The third kappa shape index (κ3) is 6.34. The normalized spacial score (nSPS) is 25.3. The number of carbonyl (C=O) groups excluding carboxylic acids is 1. The lowest BCUT2D eigenvalue weighted by Crippen LogP contribution is -2.39. The lowest BCUT2D eigenvalue weighted by molar-refractivity contribution is -0.117. The van der Waals surface area contributed by atoms with Gasteiger partial charge in [-0.1, -0.05) is 12.1 Å². The first-order valence-electron chi connectivity index (χ1n) is 9.11. The molecule has 2 fully saturated rings. The van der Waals surface area contributed by atoms with Crippen molar-refractivity contribution in [1.29, 1.82) is 0 Å². The van der Waals surface area contributed by atoms with Crippen molar-refractivity contribution in [2.24, 2.45) is 5.92 Å². The maximum absolute atomic E-state index is 12.4. The molecule has 2 N–H and O–H groups in total. The maximum atomic E-state index is 12.4. The Morgan fingerprint density at radius 2 is 2.04 bits per heavy atom. The molecule has 2 saturated heterocycles. The molecule has 1 amide bonds. The summed E-state index contributed by atoms with van der Waals surface area (Å²) in [6.07, 6.45) is 5.33. The Kier molecular flexibility index (Phi) is 8.54. The van der Waals surface area contributed by atoms with Crippen LogP contribution >= 0.6 is 12.4 Å². The number of hydrogen-bond acceptors (Lipinski definition) is 4. The number of piperidine rings is 1. The van der Waals surface area contributed by atoms with Crippen molar-refractivity contribution >= 4 is 34.8 Å². The van der Waals surface area contributed by atoms with Crippen LogP contribution in [-0.4, -0.2) is 41.7 Å². The minimum Gasteiger partial charge on any atom is -0.384 e. The topological polar surface area (TPSA) is 67.4 Å². The lowest BCUT2D eigenvalue weighted by Gasteiger charge is -2.28. The van der Waals surface area contributed by atoms with Gasteiger partial charge in [0.1, 0.15) is 0 Å². The smallest absolute Gasteiger partial charge is 0.224 e. The number of hydrogen-bond donors (Lipinski definition) is 2. The third-order valence-corrected chi connectivity index (χ3v) is 6.38. The maximum Gasteiger partial charge on any atom is 0.224 e. The molecule has 7 heteroatoms. The Hall–Kier alpha value is -0.950. The molecular formula is C19H29ClN2O3S. The molecule has 2 aliphatic heterocycles. The molecule has 0 saturated carbocycles. The zero-order valence-electron chi connectivity index (χ0n) is 15.2. The summed E-state index contributed by atoms with van der Waals surface area (Å²) in [6.45, 7) is 0.501. The summed E-state index contributed by atoms with van der Waals surface area (Å²) in [4.78, 5) is 12.4. The molecule has 2 aliphatic rings. The van der Waals surface area contributed by atoms with Crippen LogP contribution < -0.4 is 10.6 Å². The lowest BCUT2D eigenvalue weighted by atomic mass is 9.89. The highest BCUT2D eigenvalue weighted by Gasteiger charge is 2.34. The SMILES string of the molecule is COCCS(=O)Cc1cccc(NC(=O)CC2CC3CCC(C2)N3)c1.Cl. The number of amides is 1. The van der Waals surface area contributed by atoms with Crippen molar-refractivity contribution in [2.45, 2.75) is 49.9 Å². The molecular weight excluding hydrogens is 372 g/mol. The Morgan fingerprint density at radius 3 is 2.73 bits per heavy atom. The predicted octanol–water partition coefficient (Wildman–Crippen LogP) is 2.86. The number of halogens is 1. The summed E-state index contributed by atoms with van der Waals surface area (Å²) >= 11 is 0. The zero-order valence-corrected chi connectivity index (χ0v) is 16.9. The number of rotatable bonds is 8. The molecule has 2 heterocycles. The fourth-order valence-corrected chi connectivity index (χ4v) is 5.04. The number of benzene rings is 1. The zero-order chi connectivity index (χ0) is 17.6. The van der Waals surface area contributed by atoms with Crippen LogP contribution in [0.3, 0.4) is 0 Å². The average Bonchev–Trinajstić information content (AvgIpc) is 2.91. The average molecular weight is 401 g/mol. The predicted molar refractivity (Wildman–Crippen MR) is 108 cm³/mol. The molecule has 1 aromatic carbocycles. The summed E-state index contributed by atoms with van der Waals surface area (Å²) in [6, 6.07) is 8.90. The molecule has 5 nitrogen and oxygen atoms in total. The van der Waals surface area contributed by atoms with Crippen LogP contribution in [0.25, 0.3) is 0 Å². The number of nitrogens with one attached hydrogen (secondary N) is 2. The molecule has 3 unspecified atom stereocenters. The van der Waals surface area contributed by atoms with E-state index in [0.717, 1.165) is 24.1 Å². The van der Waals surface area contributed by atoms with Crippen molar-refractivity contribution in [3.63, 3.8) is 0 Å². The summed E-state index contributed by atoms with van der Waals surface area (Å²) in [7, 11) is 0.669. The van der Waals surface area contributed by atoms with E-state index in [-0.39, 0.29) is 18.3 Å². The van der Waals surface area contributed by atoms with Crippen LogP contribution in [0.15, 0.2) is 24.3 Å². The first kappa shape index (κ1) is 21.4. The molecule has 26 heavy (non-hydrogen) atoms. The van der Waals surface area contributed by atoms with Crippen LogP contribution in [0.1, 0.15) is 37.7 Å². The highest BCUT2D eigenvalue weighted by atomic mass is 35.5. The van der Waals surface area contributed by atoms with Crippen LogP contribution in [0.5, 0.6) is 0 Å². The van der Waals surface area contributed by atoms with E-state index in [1.54, 1.807) is 7.11 Å². The van der Waals surface area contributed by atoms with E-state index >= 15 is 0 Å². The highest BCUT2D eigenvalue weighted by Crippen LogP contribution is 2.32. The van der Waals surface area contributed by atoms with E-state index < -0.39 is 10.8 Å². The highest BCUT2D eigenvalue weighted by molar-refractivity contribution is 7.84. The van der Waals surface area contributed by atoms with Crippen LogP contribution in [0.4, 0.5) is 5.69 Å². The monoisotopic (exact) mass is 400 g/mol. The van der Waals surface area contributed by atoms with Crippen LogP contribution in [0, 0.1) is 5.92 Å². The van der Waals surface area contributed by atoms with Crippen LogP contribution in [0.2, 0.25) is 0 Å². The van der Waals surface area contributed by atoms with Gasteiger partial charge < -0.3 is 15.4 Å². The van der Waals surface area contributed by atoms with Gasteiger partial charge in [-0.05, 0) is 49.3 Å². The fourth-order valence-electron chi connectivity index (χ4n) is 3.99. The summed E-state index contributed by atoms with van der Waals surface area (Å²) in [5.74, 6) is 1.60. The first-order valence-corrected chi connectivity index (χ1v) is 10.6. The number of methoxy groups -OCH3 is 1. The van der Waals surface area contributed by atoms with E-state index in [9.17, 15) is 9.00 Å². The molecule has 3 rings (SSSR count). The molecule has 0 aromatic heterocycles. The fraction of sp³-hybridized carbons (Fsp3) is 0.632. The quantitative estimate of drug-likeness (QED) is 0.704. The van der Waals surface area contributed by atoms with Gasteiger partial charge in [0.25, 0.3) is 0 Å². The molecule has 3 atom stereocenters.